The lowest BCUT2D eigenvalue weighted by Gasteiger charge is -2.34. The first-order valence-electron chi connectivity index (χ1n) is 11.4. The first kappa shape index (κ1) is 25.4. The van der Waals surface area contributed by atoms with E-state index >= 15 is 0 Å². The molecule has 4 rings (SSSR count). The van der Waals surface area contributed by atoms with Crippen LogP contribution in [0.3, 0.4) is 0 Å². The Morgan fingerprint density at radius 3 is 2.56 bits per heavy atom. The number of morpholine rings is 1. The zero-order valence-electron chi connectivity index (χ0n) is 20.4. The first-order valence-corrected chi connectivity index (χ1v) is 13.5. The molecule has 0 bridgehead atoms. The van der Waals surface area contributed by atoms with E-state index in [2.05, 4.69) is 9.88 Å². The van der Waals surface area contributed by atoms with Crippen LogP contribution in [0, 0.1) is 0 Å². The number of rotatable bonds is 7. The van der Waals surface area contributed by atoms with E-state index in [1.54, 1.807) is 61.7 Å². The number of aromatic nitrogens is 2. The Bertz CT molecular complexity index is 1350. The number of carbonyl (C=O) groups excluding carboxylic acids is 1. The van der Waals surface area contributed by atoms with Gasteiger partial charge < -0.3 is 20.1 Å². The standard InChI is InChI=1S/C25H29N5O5S/c1-17-15-35-13-12-29(17)23-14-18(16-36(3,32)33)27-24(28-23)21-6-4-5-7-22(21)30(25(26)31)19-8-10-20(34-2)11-9-19/h4-11,14,17H,12-13,15-16H2,1-3H3,(H2,26,31)/t17-/m0/s1. The van der Waals surface area contributed by atoms with Crippen molar-refractivity contribution in [3.63, 3.8) is 0 Å². The van der Waals surface area contributed by atoms with Crippen LogP contribution in [0.5, 0.6) is 5.75 Å². The van der Waals surface area contributed by atoms with Gasteiger partial charge in [0, 0.05) is 24.4 Å². The summed E-state index contributed by atoms with van der Waals surface area (Å²) >= 11 is 0. The first-order chi connectivity index (χ1) is 17.2. The molecule has 1 saturated heterocycles. The molecule has 3 aromatic rings. The number of carbonyl (C=O) groups is 1. The lowest BCUT2D eigenvalue weighted by atomic mass is 10.1. The Morgan fingerprint density at radius 2 is 1.92 bits per heavy atom. The summed E-state index contributed by atoms with van der Waals surface area (Å²) in [7, 11) is -1.80. The second-order valence-corrected chi connectivity index (χ2v) is 10.8. The predicted octanol–water partition coefficient (Wildman–Crippen LogP) is 3.14. The maximum Gasteiger partial charge on any atom is 0.323 e. The third-order valence-electron chi connectivity index (χ3n) is 5.77. The van der Waals surface area contributed by atoms with Crippen LogP contribution in [0.15, 0.2) is 54.6 Å². The van der Waals surface area contributed by atoms with Crippen molar-refractivity contribution in [3.05, 3.63) is 60.3 Å². The predicted molar refractivity (Wildman–Crippen MR) is 138 cm³/mol. The molecule has 11 heteroatoms. The molecule has 1 atom stereocenters. The third-order valence-corrected chi connectivity index (χ3v) is 6.59. The highest BCUT2D eigenvalue weighted by atomic mass is 32.2. The van der Waals surface area contributed by atoms with E-state index in [1.165, 1.54) is 4.90 Å². The monoisotopic (exact) mass is 511 g/mol. The third kappa shape index (κ3) is 5.74. The van der Waals surface area contributed by atoms with Gasteiger partial charge in [0.25, 0.3) is 0 Å². The minimum atomic E-state index is -3.36. The number of benzene rings is 2. The molecule has 2 aromatic carbocycles. The van der Waals surface area contributed by atoms with Gasteiger partial charge in [-0.25, -0.2) is 23.2 Å². The molecule has 36 heavy (non-hydrogen) atoms. The number of amides is 2. The Balaban J connectivity index is 1.86. The summed E-state index contributed by atoms with van der Waals surface area (Å²) in [5, 5.41) is 0. The second-order valence-electron chi connectivity index (χ2n) is 8.62. The molecule has 0 unspecified atom stereocenters. The molecule has 190 valence electrons. The van der Waals surface area contributed by atoms with Gasteiger partial charge in [-0.15, -0.1) is 0 Å². The van der Waals surface area contributed by atoms with E-state index in [4.69, 9.17) is 20.2 Å². The molecule has 10 nitrogen and oxygen atoms in total. The van der Waals surface area contributed by atoms with E-state index in [0.29, 0.717) is 59.8 Å². The SMILES string of the molecule is COc1ccc(N(C(N)=O)c2ccccc2-c2nc(CS(C)(=O)=O)cc(N3CCOC[C@@H]3C)n2)cc1. The van der Waals surface area contributed by atoms with Crippen LogP contribution in [-0.4, -0.2) is 63.6 Å². The quantitative estimate of drug-likeness (QED) is 0.512. The number of methoxy groups -OCH3 is 1. The average Bonchev–Trinajstić information content (AvgIpc) is 2.84. The maximum absolute atomic E-state index is 12.6. The highest BCUT2D eigenvalue weighted by Gasteiger charge is 2.25. The molecule has 0 radical (unpaired) electrons. The van der Waals surface area contributed by atoms with Crippen molar-refractivity contribution in [2.24, 2.45) is 5.73 Å². The van der Waals surface area contributed by atoms with Crippen molar-refractivity contribution in [1.29, 1.82) is 0 Å². The summed E-state index contributed by atoms with van der Waals surface area (Å²) in [4.78, 5) is 25.4. The molecule has 0 saturated carbocycles. The van der Waals surface area contributed by atoms with Crippen LogP contribution < -0.4 is 20.3 Å². The zero-order chi connectivity index (χ0) is 25.9. The van der Waals surface area contributed by atoms with E-state index in [0.717, 1.165) is 6.26 Å². The Morgan fingerprint density at radius 1 is 1.19 bits per heavy atom. The lowest BCUT2D eigenvalue weighted by Crippen LogP contribution is -2.44. The van der Waals surface area contributed by atoms with Crippen LogP contribution in [0.2, 0.25) is 0 Å². The fourth-order valence-electron chi connectivity index (χ4n) is 4.13. The highest BCUT2D eigenvalue weighted by Crippen LogP contribution is 2.35. The smallest absolute Gasteiger partial charge is 0.323 e. The molecule has 0 aliphatic carbocycles. The van der Waals surface area contributed by atoms with E-state index in [-0.39, 0.29) is 11.8 Å². The Kier molecular flexibility index (Phi) is 7.41. The summed E-state index contributed by atoms with van der Waals surface area (Å²) in [5.41, 5.74) is 7.70. The van der Waals surface area contributed by atoms with Gasteiger partial charge in [0.05, 0.1) is 49.2 Å². The Hall–Kier alpha value is -3.70. The molecular formula is C25H29N5O5S. The molecule has 0 spiro atoms. The number of ether oxygens (including phenoxy) is 2. The molecule has 2 heterocycles. The number of hydrogen-bond acceptors (Lipinski definition) is 8. The number of urea groups is 1. The van der Waals surface area contributed by atoms with Crippen molar-refractivity contribution in [2.45, 2.75) is 18.7 Å². The van der Waals surface area contributed by atoms with Crippen LogP contribution in [0.1, 0.15) is 12.6 Å². The van der Waals surface area contributed by atoms with Gasteiger partial charge in [-0.3, -0.25) is 4.90 Å². The van der Waals surface area contributed by atoms with Gasteiger partial charge in [-0.1, -0.05) is 12.1 Å². The summed E-state index contributed by atoms with van der Waals surface area (Å²) < 4.78 is 35.0. The van der Waals surface area contributed by atoms with Crippen LogP contribution in [-0.2, 0) is 20.3 Å². The topological polar surface area (TPSA) is 128 Å². The van der Waals surface area contributed by atoms with Crippen LogP contribution in [0.25, 0.3) is 11.4 Å². The Labute approximate surface area is 210 Å². The number of hydrogen-bond donors (Lipinski definition) is 1. The van der Waals surface area contributed by atoms with Gasteiger partial charge in [0.2, 0.25) is 0 Å². The van der Waals surface area contributed by atoms with E-state index in [1.807, 2.05) is 6.92 Å². The van der Waals surface area contributed by atoms with Crippen molar-refractivity contribution < 1.29 is 22.7 Å². The molecule has 1 aliphatic heterocycles. The number of nitrogens with two attached hydrogens (primary N) is 1. The van der Waals surface area contributed by atoms with Crippen molar-refractivity contribution in [2.75, 3.05) is 42.9 Å². The van der Waals surface area contributed by atoms with Gasteiger partial charge >= 0.3 is 6.03 Å². The van der Waals surface area contributed by atoms with Gasteiger partial charge in [-0.2, -0.15) is 0 Å². The molecule has 1 aromatic heterocycles. The lowest BCUT2D eigenvalue weighted by molar-refractivity contribution is 0.0985. The van der Waals surface area contributed by atoms with Crippen LogP contribution >= 0.6 is 0 Å². The highest BCUT2D eigenvalue weighted by molar-refractivity contribution is 7.89. The second kappa shape index (κ2) is 10.5. The largest absolute Gasteiger partial charge is 0.497 e. The summed E-state index contributed by atoms with van der Waals surface area (Å²) in [6.07, 6.45) is 1.16. The molecule has 2 N–H and O–H groups in total. The fraction of sp³-hybridized carbons (Fsp3) is 0.320. The van der Waals surface area contributed by atoms with Crippen LogP contribution in [0.4, 0.5) is 22.0 Å². The van der Waals surface area contributed by atoms with Gasteiger partial charge in [0.1, 0.15) is 11.6 Å². The number of nitrogens with zero attached hydrogens (tertiary/aromatic N) is 4. The summed E-state index contributed by atoms with van der Waals surface area (Å²) in [6.45, 7) is 3.69. The van der Waals surface area contributed by atoms with Crippen molar-refractivity contribution in [3.8, 4) is 17.1 Å². The van der Waals surface area contributed by atoms with Crippen molar-refractivity contribution in [1.82, 2.24) is 9.97 Å². The number of primary amides is 1. The maximum atomic E-state index is 12.6. The summed E-state index contributed by atoms with van der Waals surface area (Å²) in [6, 6.07) is 15.1. The number of sulfone groups is 1. The van der Waals surface area contributed by atoms with E-state index < -0.39 is 15.9 Å². The zero-order valence-corrected chi connectivity index (χ0v) is 21.2. The number of para-hydroxylation sites is 1. The van der Waals surface area contributed by atoms with Gasteiger partial charge in [-0.05, 0) is 43.3 Å². The minimum absolute atomic E-state index is 0.0456. The number of anilines is 3. The minimum Gasteiger partial charge on any atom is -0.497 e. The fourth-order valence-corrected chi connectivity index (χ4v) is 4.82. The van der Waals surface area contributed by atoms with Crippen molar-refractivity contribution >= 4 is 33.1 Å². The molecule has 2 amide bonds. The van der Waals surface area contributed by atoms with Gasteiger partial charge in [0.15, 0.2) is 15.7 Å². The normalized spacial score (nSPS) is 16.0. The summed E-state index contributed by atoms with van der Waals surface area (Å²) in [5.74, 6) is 1.28. The molecule has 1 aliphatic rings. The molecular weight excluding hydrogens is 482 g/mol. The molecule has 1 fully saturated rings. The average molecular weight is 512 g/mol. The van der Waals surface area contributed by atoms with E-state index in [9.17, 15) is 13.2 Å².